The maximum atomic E-state index is 11.8. The fourth-order valence-corrected chi connectivity index (χ4v) is 1.84. The van der Waals surface area contributed by atoms with Crippen LogP contribution in [0.3, 0.4) is 0 Å². The third-order valence-electron chi connectivity index (χ3n) is 2.97. The van der Waals surface area contributed by atoms with Crippen molar-refractivity contribution in [1.82, 2.24) is 10.6 Å². The normalized spacial score (nSPS) is 13.5. The highest BCUT2D eigenvalue weighted by Crippen LogP contribution is 2.09. The van der Waals surface area contributed by atoms with E-state index < -0.39 is 6.03 Å². The van der Waals surface area contributed by atoms with Crippen LogP contribution in [0.25, 0.3) is 0 Å². The molecular formula is C13H19ClN3O2+. The Labute approximate surface area is 117 Å². The van der Waals surface area contributed by atoms with Crippen LogP contribution in [0.1, 0.15) is 12.5 Å². The number of quaternary nitrogens is 1. The van der Waals surface area contributed by atoms with E-state index in [-0.39, 0.29) is 11.9 Å². The predicted octanol–water partition coefficient (Wildman–Crippen LogP) is 0.199. The van der Waals surface area contributed by atoms with Gasteiger partial charge in [0.05, 0.1) is 7.05 Å². The van der Waals surface area contributed by atoms with E-state index in [9.17, 15) is 9.59 Å². The van der Waals surface area contributed by atoms with Crippen molar-refractivity contribution in [1.29, 1.82) is 0 Å². The fourth-order valence-electron chi connectivity index (χ4n) is 1.63. The van der Waals surface area contributed by atoms with Gasteiger partial charge in [0.2, 0.25) is 0 Å². The summed E-state index contributed by atoms with van der Waals surface area (Å²) in [6, 6.07) is 6.68. The van der Waals surface area contributed by atoms with Crippen LogP contribution in [0.4, 0.5) is 4.79 Å². The Balaban J connectivity index is 2.59. The zero-order chi connectivity index (χ0) is 14.4. The highest BCUT2D eigenvalue weighted by molar-refractivity contribution is 6.30. The Morgan fingerprint density at radius 3 is 2.68 bits per heavy atom. The second kappa shape index (κ2) is 7.11. The molecule has 104 valence electrons. The lowest BCUT2D eigenvalue weighted by molar-refractivity contribution is -0.908. The summed E-state index contributed by atoms with van der Waals surface area (Å²) < 4.78 is 0. The van der Waals surface area contributed by atoms with E-state index in [2.05, 4.69) is 10.6 Å². The molecule has 0 heterocycles. The Hall–Kier alpha value is -1.59. The van der Waals surface area contributed by atoms with Crippen molar-refractivity contribution in [2.45, 2.75) is 19.5 Å². The van der Waals surface area contributed by atoms with Crippen LogP contribution in [0.5, 0.6) is 0 Å². The number of amides is 3. The smallest absolute Gasteiger partial charge is 0.321 e. The zero-order valence-electron chi connectivity index (χ0n) is 11.3. The number of hydrogen-bond acceptors (Lipinski definition) is 2. The van der Waals surface area contributed by atoms with Crippen LogP contribution in [0.2, 0.25) is 5.02 Å². The summed E-state index contributed by atoms with van der Waals surface area (Å²) in [4.78, 5) is 23.9. The molecule has 0 saturated heterocycles. The first-order valence-electron chi connectivity index (χ1n) is 6.03. The molecule has 5 nitrogen and oxygen atoms in total. The first-order valence-corrected chi connectivity index (χ1v) is 6.41. The lowest BCUT2D eigenvalue weighted by Gasteiger charge is -2.20. The minimum atomic E-state index is -0.493. The van der Waals surface area contributed by atoms with Gasteiger partial charge in [0.1, 0.15) is 6.54 Å². The molecule has 2 atom stereocenters. The Morgan fingerprint density at radius 2 is 2.11 bits per heavy atom. The van der Waals surface area contributed by atoms with E-state index in [4.69, 9.17) is 11.6 Å². The number of imide groups is 1. The van der Waals surface area contributed by atoms with E-state index >= 15 is 0 Å². The largest absolute Gasteiger partial charge is 0.341 e. The molecule has 0 saturated carbocycles. The molecule has 0 aliphatic carbocycles. The fraction of sp³-hybridized carbons (Fsp3) is 0.385. The van der Waals surface area contributed by atoms with Crippen LogP contribution in [-0.2, 0) is 11.3 Å². The van der Waals surface area contributed by atoms with Gasteiger partial charge in [0.15, 0.2) is 6.04 Å². The maximum absolute atomic E-state index is 11.8. The minimum Gasteiger partial charge on any atom is -0.341 e. The highest BCUT2D eigenvalue weighted by atomic mass is 35.5. The van der Waals surface area contributed by atoms with Gasteiger partial charge < -0.3 is 10.2 Å². The number of halogens is 1. The van der Waals surface area contributed by atoms with E-state index in [1.165, 1.54) is 7.05 Å². The number of nitrogens with one attached hydrogen (secondary N) is 3. The van der Waals surface area contributed by atoms with E-state index in [0.717, 1.165) is 10.5 Å². The van der Waals surface area contributed by atoms with Crippen LogP contribution in [0.15, 0.2) is 24.3 Å². The lowest BCUT2D eigenvalue weighted by atomic mass is 10.2. The molecule has 1 unspecified atom stereocenters. The molecule has 1 aromatic carbocycles. The molecule has 0 spiro atoms. The number of rotatable bonds is 4. The average molecular weight is 285 g/mol. The van der Waals surface area contributed by atoms with Crippen LogP contribution >= 0.6 is 11.6 Å². The molecule has 0 aromatic heterocycles. The second-order valence-corrected chi connectivity index (χ2v) is 4.88. The molecular weight excluding hydrogens is 266 g/mol. The van der Waals surface area contributed by atoms with Crippen molar-refractivity contribution in [3.63, 3.8) is 0 Å². The highest BCUT2D eigenvalue weighted by Gasteiger charge is 2.23. The van der Waals surface area contributed by atoms with Gasteiger partial charge in [-0.15, -0.1) is 0 Å². The Bertz CT molecular complexity index is 465. The standard InChI is InChI=1S/C13H18ClN3O2/c1-9(12(18)16-13(19)15-2)17(3)8-10-5-4-6-11(14)7-10/h4-7,9H,8H2,1-3H3,(H2,15,16,18,19)/p+1/t9-/m1/s1. The van der Waals surface area contributed by atoms with Gasteiger partial charge >= 0.3 is 6.03 Å². The second-order valence-electron chi connectivity index (χ2n) is 4.44. The van der Waals surface area contributed by atoms with Gasteiger partial charge in [-0.3, -0.25) is 10.1 Å². The van der Waals surface area contributed by atoms with E-state index in [1.54, 1.807) is 6.92 Å². The molecule has 0 aliphatic heterocycles. The summed E-state index contributed by atoms with van der Waals surface area (Å²) in [7, 11) is 3.37. The van der Waals surface area contributed by atoms with Crippen LogP contribution in [0, 0.1) is 0 Å². The molecule has 0 bridgehead atoms. The summed E-state index contributed by atoms with van der Waals surface area (Å²) >= 11 is 5.92. The molecule has 0 fully saturated rings. The van der Waals surface area contributed by atoms with E-state index in [1.807, 2.05) is 31.3 Å². The average Bonchev–Trinajstić information content (AvgIpc) is 2.37. The topological polar surface area (TPSA) is 62.6 Å². The molecule has 19 heavy (non-hydrogen) atoms. The summed E-state index contributed by atoms with van der Waals surface area (Å²) in [5.74, 6) is -0.307. The lowest BCUT2D eigenvalue weighted by Crippen LogP contribution is -3.12. The minimum absolute atomic E-state index is 0.307. The molecule has 3 amide bonds. The predicted molar refractivity (Wildman–Crippen MR) is 74.1 cm³/mol. The Kier molecular flexibility index (Phi) is 5.79. The molecule has 0 radical (unpaired) electrons. The quantitative estimate of drug-likeness (QED) is 0.740. The third-order valence-corrected chi connectivity index (χ3v) is 3.20. The molecule has 6 heteroatoms. The number of likely N-dealkylation sites (N-methyl/N-ethyl adjacent to an activating group) is 1. The van der Waals surface area contributed by atoms with Gasteiger partial charge in [-0.2, -0.15) is 0 Å². The van der Waals surface area contributed by atoms with Gasteiger partial charge in [0.25, 0.3) is 5.91 Å². The number of benzene rings is 1. The molecule has 0 aliphatic rings. The SMILES string of the molecule is CNC(=O)NC(=O)[C@@H](C)[NH+](C)Cc1cccc(Cl)c1. The molecule has 1 rings (SSSR count). The zero-order valence-corrected chi connectivity index (χ0v) is 12.0. The van der Waals surface area contributed by atoms with Crippen molar-refractivity contribution < 1.29 is 14.5 Å². The third kappa shape index (κ3) is 4.89. The monoisotopic (exact) mass is 284 g/mol. The van der Waals surface area contributed by atoms with Gasteiger partial charge in [-0.1, -0.05) is 23.7 Å². The maximum Gasteiger partial charge on any atom is 0.321 e. The number of hydrogen-bond donors (Lipinski definition) is 3. The summed E-state index contributed by atoms with van der Waals surface area (Å²) in [6.45, 7) is 2.43. The summed E-state index contributed by atoms with van der Waals surface area (Å²) in [6.07, 6.45) is 0. The van der Waals surface area contributed by atoms with Crippen molar-refractivity contribution in [3.05, 3.63) is 34.9 Å². The first-order chi connectivity index (χ1) is 8.93. The van der Waals surface area contributed by atoms with Crippen LogP contribution in [-0.4, -0.2) is 32.1 Å². The first kappa shape index (κ1) is 15.5. The molecule has 1 aromatic rings. The number of urea groups is 1. The van der Waals surface area contributed by atoms with Crippen molar-refractivity contribution in [3.8, 4) is 0 Å². The van der Waals surface area contributed by atoms with Gasteiger partial charge in [0, 0.05) is 17.6 Å². The van der Waals surface area contributed by atoms with Crippen LogP contribution < -0.4 is 15.5 Å². The summed E-state index contributed by atoms with van der Waals surface area (Å²) in [5.41, 5.74) is 1.05. The van der Waals surface area contributed by atoms with Gasteiger partial charge in [-0.25, -0.2) is 4.79 Å². The van der Waals surface area contributed by atoms with Crippen molar-refractivity contribution >= 4 is 23.5 Å². The molecule has 3 N–H and O–H groups in total. The summed E-state index contributed by atoms with van der Waals surface area (Å²) in [5, 5.41) is 5.29. The van der Waals surface area contributed by atoms with Crippen molar-refractivity contribution in [2.24, 2.45) is 0 Å². The Morgan fingerprint density at radius 1 is 1.42 bits per heavy atom. The number of carbonyl (C=O) groups is 2. The van der Waals surface area contributed by atoms with Crippen molar-refractivity contribution in [2.75, 3.05) is 14.1 Å². The van der Waals surface area contributed by atoms with Gasteiger partial charge in [-0.05, 0) is 19.1 Å². The van der Waals surface area contributed by atoms with E-state index in [0.29, 0.717) is 11.6 Å². The number of carbonyl (C=O) groups excluding carboxylic acids is 2.